The molecule has 0 aromatic heterocycles. The van der Waals surface area contributed by atoms with Crippen molar-refractivity contribution in [3.8, 4) is 0 Å². The maximum Gasteiger partial charge on any atom is 0.243 e. The van der Waals surface area contributed by atoms with E-state index in [-0.39, 0.29) is 24.2 Å². The summed E-state index contributed by atoms with van der Waals surface area (Å²) in [7, 11) is 0. The Labute approximate surface area is 151 Å². The zero-order valence-electron chi connectivity index (χ0n) is 14.2. The predicted molar refractivity (Wildman–Crippen MR) is 97.2 cm³/mol. The summed E-state index contributed by atoms with van der Waals surface area (Å²) >= 11 is 6.04. The monoisotopic (exact) mass is 362 g/mol. The first-order valence-corrected chi connectivity index (χ1v) is 8.29. The third-order valence-electron chi connectivity index (χ3n) is 3.82. The molecule has 4 nitrogen and oxygen atoms in total. The molecule has 0 aliphatic carbocycles. The van der Waals surface area contributed by atoms with Gasteiger partial charge >= 0.3 is 0 Å². The Bertz CT molecular complexity index is 763. The lowest BCUT2D eigenvalue weighted by Gasteiger charge is -2.20. The minimum atomic E-state index is -0.302. The molecule has 0 atom stereocenters. The third-order valence-corrected chi connectivity index (χ3v) is 4.23. The summed E-state index contributed by atoms with van der Waals surface area (Å²) in [5.74, 6) is -0.795. The van der Waals surface area contributed by atoms with Crippen molar-refractivity contribution in [1.29, 1.82) is 0 Å². The standard InChI is InChI=1S/C19H20ClFN2O2/c1-13-3-8-17(11-18(13)20)22-19(25)12-23(14(2)24)10-9-15-4-6-16(21)7-5-15/h3-8,11H,9-10,12H2,1-2H3,(H,22,25). The summed E-state index contributed by atoms with van der Waals surface area (Å²) in [6.45, 7) is 3.62. The van der Waals surface area contributed by atoms with Crippen LogP contribution in [0, 0.1) is 12.7 Å². The topological polar surface area (TPSA) is 49.4 Å². The maximum absolute atomic E-state index is 12.9. The predicted octanol–water partition coefficient (Wildman–Crippen LogP) is 3.82. The molecular weight excluding hydrogens is 343 g/mol. The molecule has 25 heavy (non-hydrogen) atoms. The Morgan fingerprint density at radius 1 is 1.16 bits per heavy atom. The Morgan fingerprint density at radius 3 is 2.44 bits per heavy atom. The van der Waals surface area contributed by atoms with Crippen molar-refractivity contribution in [3.05, 3.63) is 64.4 Å². The van der Waals surface area contributed by atoms with Crippen LogP contribution in [0.5, 0.6) is 0 Å². The first-order valence-electron chi connectivity index (χ1n) is 7.91. The second-order valence-electron chi connectivity index (χ2n) is 5.83. The van der Waals surface area contributed by atoms with Gasteiger partial charge in [0.25, 0.3) is 0 Å². The summed E-state index contributed by atoms with van der Waals surface area (Å²) in [5.41, 5.74) is 2.41. The average Bonchev–Trinajstić information content (AvgIpc) is 2.56. The molecule has 2 amide bonds. The fraction of sp³-hybridized carbons (Fsp3) is 0.263. The molecule has 0 aliphatic rings. The number of halogens is 2. The molecule has 132 valence electrons. The quantitative estimate of drug-likeness (QED) is 0.849. The normalized spacial score (nSPS) is 10.4. The number of carbonyl (C=O) groups excluding carboxylic acids is 2. The summed E-state index contributed by atoms with van der Waals surface area (Å²) in [6.07, 6.45) is 0.545. The van der Waals surface area contributed by atoms with Gasteiger partial charge in [0.1, 0.15) is 5.82 Å². The zero-order valence-corrected chi connectivity index (χ0v) is 14.9. The van der Waals surface area contributed by atoms with Crippen LogP contribution in [0.3, 0.4) is 0 Å². The van der Waals surface area contributed by atoms with E-state index in [1.807, 2.05) is 13.0 Å². The Balaban J connectivity index is 1.93. The van der Waals surface area contributed by atoms with Crippen molar-refractivity contribution in [2.24, 2.45) is 0 Å². The van der Waals surface area contributed by atoms with E-state index in [0.29, 0.717) is 23.7 Å². The molecule has 0 saturated heterocycles. The molecular formula is C19H20ClFN2O2. The number of hydrogen-bond acceptors (Lipinski definition) is 2. The van der Waals surface area contributed by atoms with E-state index in [1.54, 1.807) is 24.3 Å². The fourth-order valence-corrected chi connectivity index (χ4v) is 2.49. The smallest absolute Gasteiger partial charge is 0.243 e. The molecule has 1 N–H and O–H groups in total. The van der Waals surface area contributed by atoms with Gasteiger partial charge in [-0.25, -0.2) is 4.39 Å². The molecule has 2 aromatic rings. The number of nitrogens with one attached hydrogen (secondary N) is 1. The lowest BCUT2D eigenvalue weighted by molar-refractivity contribution is -0.132. The van der Waals surface area contributed by atoms with Crippen LogP contribution in [-0.4, -0.2) is 29.8 Å². The highest BCUT2D eigenvalue weighted by Gasteiger charge is 2.14. The third kappa shape index (κ3) is 5.87. The number of amides is 2. The van der Waals surface area contributed by atoms with E-state index in [4.69, 9.17) is 11.6 Å². The summed E-state index contributed by atoms with van der Waals surface area (Å²) < 4.78 is 12.9. The fourth-order valence-electron chi connectivity index (χ4n) is 2.31. The number of hydrogen-bond donors (Lipinski definition) is 1. The first kappa shape index (κ1) is 18.9. The molecule has 0 bridgehead atoms. The highest BCUT2D eigenvalue weighted by Crippen LogP contribution is 2.19. The lowest BCUT2D eigenvalue weighted by Crippen LogP contribution is -2.38. The number of rotatable bonds is 6. The van der Waals surface area contributed by atoms with Crippen molar-refractivity contribution >= 4 is 29.1 Å². The number of nitrogens with zero attached hydrogens (tertiary/aromatic N) is 1. The van der Waals surface area contributed by atoms with E-state index in [9.17, 15) is 14.0 Å². The highest BCUT2D eigenvalue weighted by atomic mass is 35.5. The molecule has 0 spiro atoms. The molecule has 0 fully saturated rings. The van der Waals surface area contributed by atoms with Crippen LogP contribution in [0.4, 0.5) is 10.1 Å². The molecule has 0 heterocycles. The SMILES string of the molecule is CC(=O)N(CCc1ccc(F)cc1)CC(=O)Nc1ccc(C)c(Cl)c1. The van der Waals surface area contributed by atoms with Crippen molar-refractivity contribution in [2.75, 3.05) is 18.4 Å². The van der Waals surface area contributed by atoms with Gasteiger partial charge in [0.2, 0.25) is 11.8 Å². The van der Waals surface area contributed by atoms with Crippen molar-refractivity contribution in [2.45, 2.75) is 20.3 Å². The Hall–Kier alpha value is -2.40. The van der Waals surface area contributed by atoms with Gasteiger partial charge in [-0.3, -0.25) is 9.59 Å². The van der Waals surface area contributed by atoms with Crippen LogP contribution in [0.25, 0.3) is 0 Å². The van der Waals surface area contributed by atoms with Crippen molar-refractivity contribution < 1.29 is 14.0 Å². The molecule has 0 aliphatic heterocycles. The number of aryl methyl sites for hydroxylation is 1. The highest BCUT2D eigenvalue weighted by molar-refractivity contribution is 6.31. The van der Waals surface area contributed by atoms with Crippen LogP contribution in [0.2, 0.25) is 5.02 Å². The minimum absolute atomic E-state index is 0.0535. The Kier molecular flexibility index (Phi) is 6.53. The van der Waals surface area contributed by atoms with E-state index < -0.39 is 0 Å². The number of carbonyl (C=O) groups is 2. The molecule has 0 radical (unpaired) electrons. The van der Waals surface area contributed by atoms with Crippen molar-refractivity contribution in [3.63, 3.8) is 0 Å². The van der Waals surface area contributed by atoms with E-state index >= 15 is 0 Å². The summed E-state index contributed by atoms with van der Waals surface area (Å²) in [6, 6.07) is 11.3. The van der Waals surface area contributed by atoms with Gasteiger partial charge in [-0.05, 0) is 48.7 Å². The molecule has 0 unspecified atom stereocenters. The summed E-state index contributed by atoms with van der Waals surface area (Å²) in [5, 5.41) is 3.30. The van der Waals surface area contributed by atoms with Crippen molar-refractivity contribution in [1.82, 2.24) is 4.90 Å². The molecule has 2 rings (SSSR count). The van der Waals surface area contributed by atoms with Gasteiger partial charge in [0.05, 0.1) is 6.54 Å². The van der Waals surface area contributed by atoms with Gasteiger partial charge in [0.15, 0.2) is 0 Å². The zero-order chi connectivity index (χ0) is 18.4. The van der Waals surface area contributed by atoms with E-state index in [2.05, 4.69) is 5.32 Å². The second-order valence-corrected chi connectivity index (χ2v) is 6.24. The van der Waals surface area contributed by atoms with Crippen LogP contribution < -0.4 is 5.32 Å². The lowest BCUT2D eigenvalue weighted by atomic mass is 10.1. The molecule has 2 aromatic carbocycles. The summed E-state index contributed by atoms with van der Waals surface area (Å²) in [4.78, 5) is 25.4. The average molecular weight is 363 g/mol. The number of anilines is 1. The van der Waals surface area contributed by atoms with E-state index in [0.717, 1.165) is 11.1 Å². The van der Waals surface area contributed by atoms with Crippen LogP contribution in [0.1, 0.15) is 18.1 Å². The van der Waals surface area contributed by atoms with Gasteiger partial charge in [-0.15, -0.1) is 0 Å². The van der Waals surface area contributed by atoms with Gasteiger partial charge in [0, 0.05) is 24.2 Å². The minimum Gasteiger partial charge on any atom is -0.333 e. The van der Waals surface area contributed by atoms with Gasteiger partial charge in [-0.2, -0.15) is 0 Å². The molecule has 6 heteroatoms. The van der Waals surface area contributed by atoms with Crippen LogP contribution in [0.15, 0.2) is 42.5 Å². The van der Waals surface area contributed by atoms with Gasteiger partial charge < -0.3 is 10.2 Å². The number of benzene rings is 2. The van der Waals surface area contributed by atoms with Crippen LogP contribution >= 0.6 is 11.6 Å². The molecule has 0 saturated carbocycles. The second kappa shape index (κ2) is 8.62. The van der Waals surface area contributed by atoms with E-state index in [1.165, 1.54) is 24.0 Å². The maximum atomic E-state index is 12.9. The first-order chi connectivity index (χ1) is 11.8. The largest absolute Gasteiger partial charge is 0.333 e. The van der Waals surface area contributed by atoms with Crippen LogP contribution in [-0.2, 0) is 16.0 Å². The Morgan fingerprint density at radius 2 is 1.84 bits per heavy atom. The van der Waals surface area contributed by atoms with Gasteiger partial charge in [-0.1, -0.05) is 29.8 Å².